The smallest absolute Gasteiger partial charge is 0.279 e. The van der Waals surface area contributed by atoms with E-state index in [-0.39, 0.29) is 4.90 Å². The molecule has 8 heteroatoms. The predicted molar refractivity (Wildman–Crippen MR) is 125 cm³/mol. The van der Waals surface area contributed by atoms with Gasteiger partial charge in [0.05, 0.1) is 30.9 Å². The molecule has 32 heavy (non-hydrogen) atoms. The number of hydrazone groups is 1. The Morgan fingerprint density at radius 1 is 0.969 bits per heavy atom. The molecule has 0 aromatic heterocycles. The van der Waals surface area contributed by atoms with Crippen molar-refractivity contribution in [1.82, 2.24) is 4.41 Å². The molecule has 0 radical (unpaired) electrons. The first-order chi connectivity index (χ1) is 15.3. The molecule has 0 saturated carbocycles. The van der Waals surface area contributed by atoms with Gasteiger partial charge in [-0.2, -0.15) is 17.9 Å². The molecule has 4 rings (SSSR count). The summed E-state index contributed by atoms with van der Waals surface area (Å²) in [5.41, 5.74) is 2.99. The molecule has 1 aliphatic rings. The van der Waals surface area contributed by atoms with Crippen molar-refractivity contribution in [3.63, 3.8) is 0 Å². The Morgan fingerprint density at radius 3 is 2.19 bits per heavy atom. The van der Waals surface area contributed by atoms with E-state index in [0.717, 1.165) is 11.1 Å². The molecule has 3 aromatic carbocycles. The standard InChI is InChI=1S/C24H23ClN2O4S/c1-16-8-10-20(11-9-16)32(28,29)27-24(21-6-4-5-7-22(21)25)15-23(26-27)17-12-18(30-2)14-19(13-17)31-3/h4-14,24H,15H2,1-3H3/t24-/m0/s1. The highest BCUT2D eigenvalue weighted by molar-refractivity contribution is 7.89. The number of ether oxygens (including phenoxy) is 2. The van der Waals surface area contributed by atoms with Crippen LogP contribution in [0, 0.1) is 6.92 Å². The van der Waals surface area contributed by atoms with E-state index in [1.807, 2.05) is 37.3 Å². The second-order valence-electron chi connectivity index (χ2n) is 7.48. The third-order valence-corrected chi connectivity index (χ3v) is 7.43. The third kappa shape index (κ3) is 4.18. The van der Waals surface area contributed by atoms with Crippen LogP contribution in [0.1, 0.15) is 29.2 Å². The first kappa shape index (κ1) is 22.2. The lowest BCUT2D eigenvalue weighted by Gasteiger charge is -2.24. The van der Waals surface area contributed by atoms with Crippen molar-refractivity contribution in [2.24, 2.45) is 5.10 Å². The van der Waals surface area contributed by atoms with E-state index in [1.54, 1.807) is 50.6 Å². The first-order valence-corrected chi connectivity index (χ1v) is 11.8. The summed E-state index contributed by atoms with van der Waals surface area (Å²) in [6.45, 7) is 1.91. The van der Waals surface area contributed by atoms with E-state index >= 15 is 0 Å². The van der Waals surface area contributed by atoms with E-state index < -0.39 is 16.1 Å². The highest BCUT2D eigenvalue weighted by Gasteiger charge is 2.38. The van der Waals surface area contributed by atoms with Crippen molar-refractivity contribution in [3.8, 4) is 11.5 Å². The maximum atomic E-state index is 13.6. The fourth-order valence-electron chi connectivity index (χ4n) is 3.65. The average molecular weight is 471 g/mol. The molecule has 6 nitrogen and oxygen atoms in total. The minimum Gasteiger partial charge on any atom is -0.497 e. The molecule has 0 fully saturated rings. The van der Waals surface area contributed by atoms with Crippen LogP contribution in [0.3, 0.4) is 0 Å². The van der Waals surface area contributed by atoms with Crippen molar-refractivity contribution in [1.29, 1.82) is 0 Å². The van der Waals surface area contributed by atoms with E-state index in [1.165, 1.54) is 4.41 Å². The fraction of sp³-hybridized carbons (Fsp3) is 0.208. The Morgan fingerprint density at radius 2 is 1.59 bits per heavy atom. The second-order valence-corrected chi connectivity index (χ2v) is 9.68. The van der Waals surface area contributed by atoms with Crippen LogP contribution in [-0.2, 0) is 10.0 Å². The molecule has 1 atom stereocenters. The number of sulfonamides is 1. The number of halogens is 1. The van der Waals surface area contributed by atoms with Crippen LogP contribution in [0.4, 0.5) is 0 Å². The molecule has 0 N–H and O–H groups in total. The van der Waals surface area contributed by atoms with Crippen LogP contribution in [0.5, 0.6) is 11.5 Å². The molecule has 0 spiro atoms. The number of rotatable bonds is 6. The lowest BCUT2D eigenvalue weighted by Crippen LogP contribution is -2.27. The van der Waals surface area contributed by atoms with Crippen molar-refractivity contribution in [2.75, 3.05) is 14.2 Å². The van der Waals surface area contributed by atoms with Crippen LogP contribution in [0.25, 0.3) is 0 Å². The molecule has 3 aromatic rings. The lowest BCUT2D eigenvalue weighted by atomic mass is 9.99. The van der Waals surface area contributed by atoms with Gasteiger partial charge in [0.1, 0.15) is 11.5 Å². The average Bonchev–Trinajstić information content (AvgIpc) is 3.25. The minimum atomic E-state index is -3.92. The Kier molecular flexibility index (Phi) is 6.13. The molecule has 0 aliphatic carbocycles. The summed E-state index contributed by atoms with van der Waals surface area (Å²) in [6, 6.07) is 18.8. The molecule has 1 aliphatic heterocycles. The first-order valence-electron chi connectivity index (χ1n) is 10.00. The Hall–Kier alpha value is -3.03. The van der Waals surface area contributed by atoms with Gasteiger partial charge in [-0.05, 0) is 42.8 Å². The van der Waals surface area contributed by atoms with Gasteiger partial charge in [-0.3, -0.25) is 0 Å². The Bertz CT molecular complexity index is 1250. The van der Waals surface area contributed by atoms with Gasteiger partial charge >= 0.3 is 0 Å². The molecule has 1 heterocycles. The molecule has 0 saturated heterocycles. The maximum absolute atomic E-state index is 13.6. The fourth-order valence-corrected chi connectivity index (χ4v) is 5.34. The number of hydrogen-bond acceptors (Lipinski definition) is 5. The SMILES string of the molecule is COc1cc(OC)cc(C2=NN(S(=O)(=O)c3ccc(C)cc3)[C@H](c3ccccc3Cl)C2)c1. The zero-order valence-corrected chi connectivity index (χ0v) is 19.5. The van der Waals surface area contributed by atoms with Crippen LogP contribution in [0.15, 0.2) is 76.7 Å². The van der Waals surface area contributed by atoms with E-state index in [2.05, 4.69) is 5.10 Å². The summed E-state index contributed by atoms with van der Waals surface area (Å²) in [5.74, 6) is 1.19. The van der Waals surface area contributed by atoms with Gasteiger partial charge in [0, 0.05) is 23.1 Å². The van der Waals surface area contributed by atoms with E-state index in [0.29, 0.717) is 34.2 Å². The van der Waals surface area contributed by atoms with Gasteiger partial charge in [0.2, 0.25) is 0 Å². The second kappa shape index (κ2) is 8.84. The van der Waals surface area contributed by atoms with Gasteiger partial charge in [-0.1, -0.05) is 47.5 Å². The summed E-state index contributed by atoms with van der Waals surface area (Å²) in [7, 11) is -0.787. The maximum Gasteiger partial charge on any atom is 0.279 e. The van der Waals surface area contributed by atoms with Gasteiger partial charge in [-0.25, -0.2) is 0 Å². The number of hydrogen-bond donors (Lipinski definition) is 0. The largest absolute Gasteiger partial charge is 0.497 e. The van der Waals surface area contributed by atoms with Crippen molar-refractivity contribution >= 4 is 27.3 Å². The lowest BCUT2D eigenvalue weighted by molar-refractivity contribution is 0.371. The predicted octanol–water partition coefficient (Wildman–Crippen LogP) is 5.21. The van der Waals surface area contributed by atoms with Crippen molar-refractivity contribution < 1.29 is 17.9 Å². The molecule has 0 unspecified atom stereocenters. The third-order valence-electron chi connectivity index (χ3n) is 5.39. The molecular formula is C24H23ClN2O4S. The molecular weight excluding hydrogens is 448 g/mol. The zero-order valence-electron chi connectivity index (χ0n) is 17.9. The van der Waals surface area contributed by atoms with Crippen LogP contribution < -0.4 is 9.47 Å². The summed E-state index contributed by atoms with van der Waals surface area (Å²) >= 11 is 6.46. The highest BCUT2D eigenvalue weighted by Crippen LogP contribution is 2.40. The van der Waals surface area contributed by atoms with Crippen LogP contribution >= 0.6 is 11.6 Å². The number of aryl methyl sites for hydroxylation is 1. The van der Waals surface area contributed by atoms with E-state index in [9.17, 15) is 8.42 Å². The topological polar surface area (TPSA) is 68.2 Å². The Balaban J connectivity index is 1.84. The summed E-state index contributed by atoms with van der Waals surface area (Å²) in [6.07, 6.45) is 0.352. The molecule has 166 valence electrons. The van der Waals surface area contributed by atoms with Crippen LogP contribution in [-0.4, -0.2) is 32.8 Å². The van der Waals surface area contributed by atoms with Crippen molar-refractivity contribution in [3.05, 3.63) is 88.4 Å². The van der Waals surface area contributed by atoms with Crippen molar-refractivity contribution in [2.45, 2.75) is 24.3 Å². The van der Waals surface area contributed by atoms with Gasteiger partial charge in [0.15, 0.2) is 0 Å². The summed E-state index contributed by atoms with van der Waals surface area (Å²) in [5, 5.41) is 5.06. The van der Waals surface area contributed by atoms with Crippen LogP contribution in [0.2, 0.25) is 5.02 Å². The monoisotopic (exact) mass is 470 g/mol. The minimum absolute atomic E-state index is 0.174. The molecule has 0 bridgehead atoms. The quantitative estimate of drug-likeness (QED) is 0.496. The van der Waals surface area contributed by atoms with Gasteiger partial charge < -0.3 is 9.47 Å². The van der Waals surface area contributed by atoms with Gasteiger partial charge in [0.25, 0.3) is 10.0 Å². The zero-order chi connectivity index (χ0) is 22.9. The van der Waals surface area contributed by atoms with E-state index in [4.69, 9.17) is 21.1 Å². The summed E-state index contributed by atoms with van der Waals surface area (Å²) < 4.78 is 39.1. The molecule has 0 amide bonds. The summed E-state index contributed by atoms with van der Waals surface area (Å²) in [4.78, 5) is 0.174. The highest BCUT2D eigenvalue weighted by atomic mass is 35.5. The number of benzene rings is 3. The Labute approximate surface area is 193 Å². The normalized spacial score (nSPS) is 16.1. The number of methoxy groups -OCH3 is 2. The van der Waals surface area contributed by atoms with Gasteiger partial charge in [-0.15, -0.1) is 0 Å². The number of nitrogens with zero attached hydrogens (tertiary/aromatic N) is 2.